The Balaban J connectivity index is 3.19. The fourth-order valence-corrected chi connectivity index (χ4v) is 1.02. The molecule has 1 aromatic rings. The van der Waals surface area contributed by atoms with Crippen molar-refractivity contribution in [2.24, 2.45) is 5.18 Å². The Labute approximate surface area is 66.6 Å². The summed E-state index contributed by atoms with van der Waals surface area (Å²) in [4.78, 5) is 14.0. The van der Waals surface area contributed by atoms with E-state index in [1.54, 1.807) is 19.1 Å². The Hall–Kier alpha value is -0.770. The van der Waals surface area contributed by atoms with Crippen LogP contribution in [-0.4, -0.2) is 4.98 Å². The van der Waals surface area contributed by atoms with Crippen LogP contribution >= 0.6 is 15.9 Å². The lowest BCUT2D eigenvalue weighted by Gasteiger charge is -1.94. The molecule has 0 aliphatic carbocycles. The summed E-state index contributed by atoms with van der Waals surface area (Å²) in [6.07, 6.45) is 0. The molecule has 3 nitrogen and oxygen atoms in total. The summed E-state index contributed by atoms with van der Waals surface area (Å²) in [6, 6.07) is 3.31. The van der Waals surface area contributed by atoms with Crippen molar-refractivity contribution in [1.29, 1.82) is 0 Å². The lowest BCUT2D eigenvalue weighted by molar-refractivity contribution is 1.15. The maximum absolute atomic E-state index is 10.0. The van der Waals surface area contributed by atoms with Crippen molar-refractivity contribution in [3.63, 3.8) is 0 Å². The van der Waals surface area contributed by atoms with Gasteiger partial charge in [-0.25, -0.2) is 4.98 Å². The van der Waals surface area contributed by atoms with Crippen LogP contribution in [0.15, 0.2) is 21.9 Å². The van der Waals surface area contributed by atoms with Gasteiger partial charge in [-0.15, -0.1) is 4.91 Å². The molecule has 0 amide bonds. The molecule has 0 saturated carbocycles. The highest BCUT2D eigenvalue weighted by Crippen LogP contribution is 2.17. The maximum atomic E-state index is 10.0. The fourth-order valence-electron chi connectivity index (χ4n) is 0.620. The van der Waals surface area contributed by atoms with Crippen LogP contribution in [0.5, 0.6) is 0 Å². The van der Waals surface area contributed by atoms with Gasteiger partial charge in [0.05, 0.1) is 5.69 Å². The molecule has 0 aliphatic rings. The van der Waals surface area contributed by atoms with Crippen LogP contribution in [0.3, 0.4) is 0 Å². The van der Waals surface area contributed by atoms with Gasteiger partial charge in [0.25, 0.3) is 0 Å². The van der Waals surface area contributed by atoms with Crippen LogP contribution in [0.25, 0.3) is 0 Å². The monoisotopic (exact) mass is 200 g/mol. The van der Waals surface area contributed by atoms with Crippen LogP contribution in [0.1, 0.15) is 5.69 Å². The molecule has 4 heteroatoms. The molecular formula is C6H5BrN2O. The molecule has 1 aromatic heterocycles. The van der Waals surface area contributed by atoms with Gasteiger partial charge in [0.15, 0.2) is 0 Å². The number of rotatable bonds is 1. The molecule has 0 aliphatic heterocycles. The van der Waals surface area contributed by atoms with Gasteiger partial charge >= 0.3 is 0 Å². The quantitative estimate of drug-likeness (QED) is 0.517. The highest BCUT2D eigenvalue weighted by Gasteiger charge is 1.97. The summed E-state index contributed by atoms with van der Waals surface area (Å²) < 4.78 is 0.720. The minimum Gasteiger partial charge on any atom is -0.244 e. The Morgan fingerprint density at radius 1 is 1.60 bits per heavy atom. The second-order valence-corrected chi connectivity index (χ2v) is 2.64. The number of hydrogen-bond donors (Lipinski definition) is 0. The summed E-state index contributed by atoms with van der Waals surface area (Å²) in [5.74, 6) is 0. The van der Waals surface area contributed by atoms with E-state index in [1.807, 2.05) is 0 Å². The summed E-state index contributed by atoms with van der Waals surface area (Å²) in [6.45, 7) is 1.74. The molecule has 1 heterocycles. The third-order valence-electron chi connectivity index (χ3n) is 1.12. The van der Waals surface area contributed by atoms with Crippen LogP contribution in [0, 0.1) is 11.8 Å². The largest absolute Gasteiger partial charge is 0.244 e. The van der Waals surface area contributed by atoms with Crippen molar-refractivity contribution in [2.75, 3.05) is 0 Å². The summed E-state index contributed by atoms with van der Waals surface area (Å²) in [7, 11) is 0. The third kappa shape index (κ3) is 1.39. The molecule has 0 radical (unpaired) electrons. The topological polar surface area (TPSA) is 42.3 Å². The van der Waals surface area contributed by atoms with E-state index in [-0.39, 0.29) is 0 Å². The number of aryl methyl sites for hydroxylation is 1. The zero-order valence-corrected chi connectivity index (χ0v) is 6.92. The van der Waals surface area contributed by atoms with Gasteiger partial charge in [-0.1, -0.05) is 0 Å². The number of nitroso groups, excluding NO2 is 1. The molecule has 10 heavy (non-hydrogen) atoms. The minimum absolute atomic E-state index is 0.392. The number of pyridine rings is 1. The average Bonchev–Trinajstić information content (AvgIpc) is 1.88. The van der Waals surface area contributed by atoms with E-state index >= 15 is 0 Å². The van der Waals surface area contributed by atoms with Crippen LogP contribution in [0.4, 0.5) is 5.69 Å². The van der Waals surface area contributed by atoms with E-state index in [0.717, 1.165) is 4.60 Å². The average molecular weight is 201 g/mol. The van der Waals surface area contributed by atoms with E-state index in [1.165, 1.54) is 0 Å². The number of aromatic nitrogens is 1. The molecule has 0 fully saturated rings. The molecule has 0 atom stereocenters. The first-order valence-corrected chi connectivity index (χ1v) is 3.50. The van der Waals surface area contributed by atoms with Gasteiger partial charge < -0.3 is 0 Å². The standard InChI is InChI=1S/C6H5BrN2O/c1-4-5(9-10)2-3-6(7)8-4/h2-3H,1H3. The SMILES string of the molecule is Cc1nc(Br)ccc1N=O. The molecule has 0 aromatic carbocycles. The molecule has 1 rings (SSSR count). The van der Waals surface area contributed by atoms with Gasteiger partial charge in [-0.05, 0) is 40.2 Å². The molecule has 52 valence electrons. The second-order valence-electron chi connectivity index (χ2n) is 1.83. The lowest BCUT2D eigenvalue weighted by Crippen LogP contribution is -1.80. The smallest absolute Gasteiger partial charge is 0.129 e. The van der Waals surface area contributed by atoms with Crippen LogP contribution < -0.4 is 0 Å². The summed E-state index contributed by atoms with van der Waals surface area (Å²) >= 11 is 3.17. The summed E-state index contributed by atoms with van der Waals surface area (Å²) in [5, 5.41) is 2.78. The van der Waals surface area contributed by atoms with E-state index in [0.29, 0.717) is 11.4 Å². The first-order chi connectivity index (χ1) is 4.74. The first-order valence-electron chi connectivity index (χ1n) is 2.70. The van der Waals surface area contributed by atoms with E-state index in [2.05, 4.69) is 26.1 Å². The van der Waals surface area contributed by atoms with E-state index in [9.17, 15) is 4.91 Å². The predicted octanol–water partition coefficient (Wildman–Crippen LogP) is 2.55. The Morgan fingerprint density at radius 3 is 2.80 bits per heavy atom. The zero-order chi connectivity index (χ0) is 7.56. The van der Waals surface area contributed by atoms with Crippen molar-refractivity contribution in [2.45, 2.75) is 6.92 Å². The maximum Gasteiger partial charge on any atom is 0.129 e. The normalized spacial score (nSPS) is 9.40. The van der Waals surface area contributed by atoms with Gasteiger partial charge in [-0.2, -0.15) is 0 Å². The fraction of sp³-hybridized carbons (Fsp3) is 0.167. The van der Waals surface area contributed by atoms with Gasteiger partial charge in [0.2, 0.25) is 0 Å². The Morgan fingerprint density at radius 2 is 2.30 bits per heavy atom. The van der Waals surface area contributed by atoms with E-state index in [4.69, 9.17) is 0 Å². The molecule has 0 saturated heterocycles. The number of hydrogen-bond acceptors (Lipinski definition) is 3. The van der Waals surface area contributed by atoms with Crippen molar-refractivity contribution >= 4 is 21.6 Å². The lowest BCUT2D eigenvalue weighted by atomic mass is 10.3. The Kier molecular flexibility index (Phi) is 2.11. The van der Waals surface area contributed by atoms with E-state index < -0.39 is 0 Å². The third-order valence-corrected chi connectivity index (χ3v) is 1.56. The molecular weight excluding hydrogens is 196 g/mol. The van der Waals surface area contributed by atoms with Crippen molar-refractivity contribution < 1.29 is 0 Å². The predicted molar refractivity (Wildman–Crippen MR) is 42.1 cm³/mol. The van der Waals surface area contributed by atoms with Gasteiger partial charge in [-0.3, -0.25) is 0 Å². The van der Waals surface area contributed by atoms with Crippen molar-refractivity contribution in [3.8, 4) is 0 Å². The highest BCUT2D eigenvalue weighted by molar-refractivity contribution is 9.10. The number of nitrogens with zero attached hydrogens (tertiary/aromatic N) is 2. The molecule has 0 spiro atoms. The highest BCUT2D eigenvalue weighted by atomic mass is 79.9. The zero-order valence-electron chi connectivity index (χ0n) is 5.34. The van der Waals surface area contributed by atoms with Gasteiger partial charge in [0, 0.05) is 0 Å². The Bertz CT molecular complexity index is 262. The van der Waals surface area contributed by atoms with Crippen LogP contribution in [-0.2, 0) is 0 Å². The number of halogens is 1. The second kappa shape index (κ2) is 2.88. The van der Waals surface area contributed by atoms with Gasteiger partial charge in [0.1, 0.15) is 10.3 Å². The van der Waals surface area contributed by atoms with Crippen molar-refractivity contribution in [3.05, 3.63) is 27.3 Å². The molecule has 0 unspecified atom stereocenters. The summed E-state index contributed by atoms with van der Waals surface area (Å²) in [5.41, 5.74) is 1.03. The van der Waals surface area contributed by atoms with Crippen LogP contribution in [0.2, 0.25) is 0 Å². The minimum atomic E-state index is 0.392. The van der Waals surface area contributed by atoms with Crippen molar-refractivity contribution in [1.82, 2.24) is 4.98 Å². The molecule has 0 N–H and O–H groups in total. The first kappa shape index (κ1) is 7.34. The molecule has 0 bridgehead atoms.